The summed E-state index contributed by atoms with van der Waals surface area (Å²) in [5.41, 5.74) is 0.699. The number of allylic oxidation sites excluding steroid dienone is 1. The third-order valence-electron chi connectivity index (χ3n) is 1.17. The van der Waals surface area contributed by atoms with Gasteiger partial charge in [0.15, 0.2) is 5.94 Å². The van der Waals surface area contributed by atoms with Crippen LogP contribution in [-0.2, 0) is 14.3 Å². The third-order valence-corrected chi connectivity index (χ3v) is 1.17. The summed E-state index contributed by atoms with van der Waals surface area (Å²) in [5, 5.41) is 2.66. The Hall–Kier alpha value is -1.41. The third kappa shape index (κ3) is 1.53. The van der Waals surface area contributed by atoms with Crippen LogP contribution in [0.25, 0.3) is 0 Å². The summed E-state index contributed by atoms with van der Waals surface area (Å²) in [6.07, 6.45) is 0. The fourth-order valence-electron chi connectivity index (χ4n) is 0.731. The number of carbonyl (C=O) groups excluding carboxylic acids is 1. The van der Waals surface area contributed by atoms with Gasteiger partial charge in [0.2, 0.25) is 0 Å². The second-order valence-corrected chi connectivity index (χ2v) is 2.00. The van der Waals surface area contributed by atoms with Crippen molar-refractivity contribution in [3.8, 4) is 0 Å². The first-order valence-corrected chi connectivity index (χ1v) is 3.31. The number of ether oxygens (including phenoxy) is 2. The molecule has 0 aliphatic carbocycles. The minimum atomic E-state index is 0.0611. The first kappa shape index (κ1) is 7.69. The Morgan fingerprint density at radius 3 is 2.91 bits per heavy atom. The van der Waals surface area contributed by atoms with E-state index in [1.807, 2.05) is 6.92 Å². The molecular formula is C7H9NO3. The van der Waals surface area contributed by atoms with Crippen LogP contribution in [0.3, 0.4) is 0 Å². The second-order valence-electron chi connectivity index (χ2n) is 2.00. The van der Waals surface area contributed by atoms with Gasteiger partial charge in [-0.25, -0.2) is 4.79 Å². The van der Waals surface area contributed by atoms with E-state index in [1.54, 1.807) is 12.9 Å². The van der Waals surface area contributed by atoms with Crippen molar-refractivity contribution in [2.75, 3.05) is 6.61 Å². The van der Waals surface area contributed by atoms with Crippen molar-refractivity contribution in [2.24, 2.45) is 0 Å². The Labute approximate surface area is 64.5 Å². The fourth-order valence-corrected chi connectivity index (χ4v) is 0.731. The Morgan fingerprint density at radius 1 is 1.73 bits per heavy atom. The highest BCUT2D eigenvalue weighted by molar-refractivity contribution is 5.51. The van der Waals surface area contributed by atoms with Crippen molar-refractivity contribution < 1.29 is 14.3 Å². The van der Waals surface area contributed by atoms with Crippen LogP contribution in [0.2, 0.25) is 0 Å². The summed E-state index contributed by atoms with van der Waals surface area (Å²) in [6, 6.07) is 0. The van der Waals surface area contributed by atoms with Crippen LogP contribution >= 0.6 is 0 Å². The molecule has 0 aromatic rings. The zero-order valence-corrected chi connectivity index (χ0v) is 6.43. The van der Waals surface area contributed by atoms with Gasteiger partial charge in [-0.15, -0.1) is 0 Å². The molecule has 0 saturated carbocycles. The average Bonchev–Trinajstić information content (AvgIpc) is 2.33. The van der Waals surface area contributed by atoms with E-state index in [0.29, 0.717) is 18.2 Å². The molecule has 1 heterocycles. The first-order chi connectivity index (χ1) is 5.27. The van der Waals surface area contributed by atoms with E-state index in [-0.39, 0.29) is 5.88 Å². The number of nitrogens with one attached hydrogen (secondary N) is 1. The number of hydrogen-bond donors (Lipinski definition) is 1. The largest absolute Gasteiger partial charge is 0.464 e. The van der Waals surface area contributed by atoms with Gasteiger partial charge in [0.05, 0.1) is 12.3 Å². The van der Waals surface area contributed by atoms with Crippen molar-refractivity contribution in [3.05, 3.63) is 17.5 Å². The predicted molar refractivity (Wildman–Crippen MR) is 37.8 cm³/mol. The van der Waals surface area contributed by atoms with Crippen LogP contribution in [0.1, 0.15) is 13.8 Å². The molecular weight excluding hydrogens is 146 g/mol. The van der Waals surface area contributed by atoms with Crippen molar-refractivity contribution in [1.29, 1.82) is 0 Å². The van der Waals surface area contributed by atoms with Gasteiger partial charge in [0.25, 0.3) is 5.88 Å². The Kier molecular flexibility index (Phi) is 2.18. The van der Waals surface area contributed by atoms with Gasteiger partial charge < -0.3 is 14.8 Å². The Bertz CT molecular complexity index is 238. The molecule has 0 unspecified atom stereocenters. The standard InChI is InChI=1S/C7H9NO3/c1-3-10-7-5(2)8-6(4-9)11-7/h8H,3H2,1-2H3. The summed E-state index contributed by atoms with van der Waals surface area (Å²) < 4.78 is 9.94. The maximum absolute atomic E-state index is 10.1. The molecule has 0 aromatic carbocycles. The fraction of sp³-hybridized carbons (Fsp3) is 0.429. The molecule has 0 fully saturated rings. The van der Waals surface area contributed by atoms with Crippen molar-refractivity contribution in [3.63, 3.8) is 0 Å². The SMILES string of the molecule is CCOC1=C(C)NC(=C=O)O1. The summed E-state index contributed by atoms with van der Waals surface area (Å²) in [7, 11) is 0. The van der Waals surface area contributed by atoms with Gasteiger partial charge >= 0.3 is 5.95 Å². The molecule has 4 heteroatoms. The maximum Gasteiger partial charge on any atom is 0.306 e. The maximum atomic E-state index is 10.1. The highest BCUT2D eigenvalue weighted by Gasteiger charge is 2.18. The molecule has 0 amide bonds. The van der Waals surface area contributed by atoms with Gasteiger partial charge in [-0.05, 0) is 13.8 Å². The van der Waals surface area contributed by atoms with Crippen LogP contribution in [0.15, 0.2) is 17.5 Å². The number of rotatable bonds is 2. The van der Waals surface area contributed by atoms with Gasteiger partial charge in [-0.2, -0.15) is 0 Å². The first-order valence-electron chi connectivity index (χ1n) is 3.31. The van der Waals surface area contributed by atoms with Gasteiger partial charge in [-0.1, -0.05) is 0 Å². The van der Waals surface area contributed by atoms with E-state index >= 15 is 0 Å². The minimum Gasteiger partial charge on any atom is -0.464 e. The van der Waals surface area contributed by atoms with Crippen molar-refractivity contribution in [1.82, 2.24) is 5.32 Å². The van der Waals surface area contributed by atoms with E-state index in [2.05, 4.69) is 5.32 Å². The second kappa shape index (κ2) is 3.12. The molecule has 0 bridgehead atoms. The lowest BCUT2D eigenvalue weighted by atomic mass is 10.5. The minimum absolute atomic E-state index is 0.0611. The van der Waals surface area contributed by atoms with Gasteiger partial charge in [-0.3, -0.25) is 0 Å². The molecule has 11 heavy (non-hydrogen) atoms. The van der Waals surface area contributed by atoms with E-state index < -0.39 is 0 Å². The molecule has 1 aliphatic rings. The topological polar surface area (TPSA) is 47.6 Å². The van der Waals surface area contributed by atoms with E-state index in [4.69, 9.17) is 9.47 Å². The Balaban J connectivity index is 2.66. The van der Waals surface area contributed by atoms with Crippen LogP contribution in [0, 0.1) is 0 Å². The molecule has 4 nitrogen and oxygen atoms in total. The molecule has 1 aliphatic heterocycles. The Morgan fingerprint density at radius 2 is 2.45 bits per heavy atom. The van der Waals surface area contributed by atoms with Gasteiger partial charge in [0, 0.05) is 0 Å². The normalized spacial score (nSPS) is 15.6. The lowest BCUT2D eigenvalue weighted by Gasteiger charge is -2.00. The molecule has 1 rings (SSSR count). The molecule has 0 atom stereocenters. The summed E-state index contributed by atoms with van der Waals surface area (Å²) in [5.74, 6) is 2.01. The lowest BCUT2D eigenvalue weighted by Crippen LogP contribution is -2.03. The quantitative estimate of drug-likeness (QED) is 0.590. The van der Waals surface area contributed by atoms with Crippen LogP contribution in [0.4, 0.5) is 0 Å². The summed E-state index contributed by atoms with van der Waals surface area (Å²) in [4.78, 5) is 10.1. The van der Waals surface area contributed by atoms with Crippen LogP contribution in [0.5, 0.6) is 0 Å². The number of hydrogen-bond acceptors (Lipinski definition) is 4. The van der Waals surface area contributed by atoms with Crippen LogP contribution < -0.4 is 5.32 Å². The zero-order valence-electron chi connectivity index (χ0n) is 6.43. The van der Waals surface area contributed by atoms with Crippen molar-refractivity contribution in [2.45, 2.75) is 13.8 Å². The summed E-state index contributed by atoms with van der Waals surface area (Å²) >= 11 is 0. The monoisotopic (exact) mass is 155 g/mol. The highest BCUT2D eigenvalue weighted by atomic mass is 16.7. The smallest absolute Gasteiger partial charge is 0.306 e. The highest BCUT2D eigenvalue weighted by Crippen LogP contribution is 2.16. The summed E-state index contributed by atoms with van der Waals surface area (Å²) in [6.45, 7) is 4.11. The van der Waals surface area contributed by atoms with Crippen LogP contribution in [-0.4, -0.2) is 12.5 Å². The van der Waals surface area contributed by atoms with Gasteiger partial charge in [0.1, 0.15) is 0 Å². The molecule has 60 valence electrons. The van der Waals surface area contributed by atoms with E-state index in [0.717, 1.165) is 0 Å². The van der Waals surface area contributed by atoms with E-state index in [1.165, 1.54) is 0 Å². The molecule has 0 aromatic heterocycles. The lowest BCUT2D eigenvalue weighted by molar-refractivity contribution is 0.0861. The average molecular weight is 155 g/mol. The predicted octanol–water partition coefficient (Wildman–Crippen LogP) is 0.505. The molecule has 0 saturated heterocycles. The molecule has 0 spiro atoms. The van der Waals surface area contributed by atoms with E-state index in [9.17, 15) is 4.79 Å². The van der Waals surface area contributed by atoms with Crippen molar-refractivity contribution >= 4 is 5.94 Å². The molecule has 1 N–H and O–H groups in total. The zero-order chi connectivity index (χ0) is 8.27. The molecule has 0 radical (unpaired) electrons.